The van der Waals surface area contributed by atoms with Crippen molar-refractivity contribution in [2.75, 3.05) is 5.32 Å². The van der Waals surface area contributed by atoms with Gasteiger partial charge < -0.3 is 9.73 Å². The number of fused-ring (bicyclic) bond motifs is 2. The molecule has 1 aromatic carbocycles. The minimum Gasteiger partial charge on any atom is -0.423 e. The van der Waals surface area contributed by atoms with E-state index < -0.39 is 51.8 Å². The van der Waals surface area contributed by atoms with E-state index in [9.17, 15) is 35.9 Å². The van der Waals surface area contributed by atoms with E-state index in [4.69, 9.17) is 4.42 Å². The second kappa shape index (κ2) is 8.43. The molecule has 1 N–H and O–H groups in total. The van der Waals surface area contributed by atoms with Crippen LogP contribution in [0.5, 0.6) is 0 Å². The Morgan fingerprint density at radius 2 is 1.79 bits per heavy atom. The molecule has 9 nitrogen and oxygen atoms in total. The molecule has 0 saturated heterocycles. The SMILES string of the molecule is Cc1nn(C)cc1-c1cc(C(F)(F)F)n2ncc(C(=O)Nc3ccc4c(C(F)(F)F)cc(=O)oc4c3)c2n1. The zero-order chi connectivity index (χ0) is 27.6. The van der Waals surface area contributed by atoms with Gasteiger partial charge in [0.1, 0.15) is 11.1 Å². The smallest absolute Gasteiger partial charge is 0.423 e. The molecule has 1 amide bonds. The molecule has 0 unspecified atom stereocenters. The lowest BCUT2D eigenvalue weighted by Gasteiger charge is -2.12. The summed E-state index contributed by atoms with van der Waals surface area (Å²) in [6, 6.07) is 4.21. The summed E-state index contributed by atoms with van der Waals surface area (Å²) in [4.78, 5) is 28.9. The summed E-state index contributed by atoms with van der Waals surface area (Å²) in [7, 11) is 1.58. The number of carbonyl (C=O) groups excluding carboxylic acids is 1. The first-order valence-corrected chi connectivity index (χ1v) is 10.7. The molecule has 5 rings (SSSR count). The summed E-state index contributed by atoms with van der Waals surface area (Å²) in [6.45, 7) is 1.58. The number of hydrogen-bond donors (Lipinski definition) is 1. The number of amides is 1. The van der Waals surface area contributed by atoms with Gasteiger partial charge in [-0.25, -0.2) is 14.3 Å². The highest BCUT2D eigenvalue weighted by Crippen LogP contribution is 2.35. The van der Waals surface area contributed by atoms with Crippen LogP contribution in [0.15, 0.2) is 51.9 Å². The van der Waals surface area contributed by atoms with E-state index in [0.717, 1.165) is 30.5 Å². The van der Waals surface area contributed by atoms with Crippen LogP contribution in [0.1, 0.15) is 27.3 Å². The number of carbonyl (C=O) groups is 1. The van der Waals surface area contributed by atoms with Crippen LogP contribution in [0.2, 0.25) is 0 Å². The largest absolute Gasteiger partial charge is 0.433 e. The Bertz CT molecular complexity index is 1800. The molecule has 196 valence electrons. The summed E-state index contributed by atoms with van der Waals surface area (Å²) in [5.41, 5.74) is -4.34. The van der Waals surface area contributed by atoms with E-state index in [-0.39, 0.29) is 16.9 Å². The van der Waals surface area contributed by atoms with Gasteiger partial charge in [0.15, 0.2) is 11.3 Å². The molecule has 5 aromatic rings. The maximum absolute atomic E-state index is 13.8. The Morgan fingerprint density at radius 3 is 2.42 bits per heavy atom. The Balaban J connectivity index is 1.59. The summed E-state index contributed by atoms with van der Waals surface area (Å²) in [6.07, 6.45) is -7.32. The molecule has 15 heteroatoms. The molecule has 0 aliphatic rings. The third-order valence-corrected chi connectivity index (χ3v) is 5.60. The molecular formula is C23H14F6N6O3. The van der Waals surface area contributed by atoms with Gasteiger partial charge in [-0.1, -0.05) is 0 Å². The van der Waals surface area contributed by atoms with Gasteiger partial charge in [0, 0.05) is 42.0 Å². The lowest BCUT2D eigenvalue weighted by molar-refractivity contribution is -0.142. The normalized spacial score (nSPS) is 12.4. The zero-order valence-corrected chi connectivity index (χ0v) is 19.3. The minimum absolute atomic E-state index is 0.0837. The molecule has 4 aromatic heterocycles. The van der Waals surface area contributed by atoms with Gasteiger partial charge in [-0.3, -0.25) is 9.48 Å². The highest BCUT2D eigenvalue weighted by molar-refractivity contribution is 6.08. The van der Waals surface area contributed by atoms with Gasteiger partial charge in [-0.05, 0) is 25.1 Å². The fourth-order valence-electron chi connectivity index (χ4n) is 3.99. The van der Waals surface area contributed by atoms with Crippen LogP contribution in [-0.4, -0.2) is 30.3 Å². The van der Waals surface area contributed by atoms with E-state index in [1.54, 1.807) is 14.0 Å². The van der Waals surface area contributed by atoms with Crippen LogP contribution in [0.4, 0.5) is 32.0 Å². The topological polar surface area (TPSA) is 107 Å². The molecule has 0 fully saturated rings. The third-order valence-electron chi connectivity index (χ3n) is 5.60. The van der Waals surface area contributed by atoms with Crippen LogP contribution in [0.25, 0.3) is 27.9 Å². The second-order valence-corrected chi connectivity index (χ2v) is 8.26. The van der Waals surface area contributed by atoms with E-state index in [2.05, 4.69) is 20.5 Å². The number of anilines is 1. The Morgan fingerprint density at radius 1 is 1.05 bits per heavy atom. The lowest BCUT2D eigenvalue weighted by atomic mass is 10.1. The van der Waals surface area contributed by atoms with Crippen molar-refractivity contribution < 1.29 is 35.6 Å². The van der Waals surface area contributed by atoms with Gasteiger partial charge in [0.25, 0.3) is 5.91 Å². The number of aromatic nitrogens is 5. The first kappa shape index (κ1) is 25.0. The molecule has 0 atom stereocenters. The highest BCUT2D eigenvalue weighted by Gasteiger charge is 2.37. The van der Waals surface area contributed by atoms with E-state index >= 15 is 0 Å². The molecule has 0 spiro atoms. The fraction of sp³-hybridized carbons (Fsp3) is 0.174. The van der Waals surface area contributed by atoms with Gasteiger partial charge in [-0.2, -0.15) is 36.5 Å². The van der Waals surface area contributed by atoms with Crippen molar-refractivity contribution in [3.8, 4) is 11.3 Å². The van der Waals surface area contributed by atoms with Gasteiger partial charge in [-0.15, -0.1) is 0 Å². The van der Waals surface area contributed by atoms with Crippen molar-refractivity contribution in [1.82, 2.24) is 24.4 Å². The van der Waals surface area contributed by atoms with E-state index in [1.807, 2.05) is 0 Å². The minimum atomic E-state index is -4.85. The number of hydrogen-bond acceptors (Lipinski definition) is 6. The number of benzene rings is 1. The highest BCUT2D eigenvalue weighted by atomic mass is 19.4. The van der Waals surface area contributed by atoms with Gasteiger partial charge in [0.2, 0.25) is 0 Å². The summed E-state index contributed by atoms with van der Waals surface area (Å²) in [5, 5.41) is 9.73. The number of rotatable bonds is 3. The maximum Gasteiger partial charge on any atom is 0.433 e. The molecule has 0 saturated carbocycles. The van der Waals surface area contributed by atoms with Gasteiger partial charge in [0.05, 0.1) is 23.1 Å². The zero-order valence-electron chi connectivity index (χ0n) is 19.3. The lowest BCUT2D eigenvalue weighted by Crippen LogP contribution is -2.16. The molecule has 38 heavy (non-hydrogen) atoms. The van der Waals surface area contributed by atoms with Crippen LogP contribution in [0, 0.1) is 6.92 Å². The first-order valence-electron chi connectivity index (χ1n) is 10.7. The van der Waals surface area contributed by atoms with Crippen molar-refractivity contribution in [2.45, 2.75) is 19.3 Å². The van der Waals surface area contributed by atoms with E-state index in [0.29, 0.717) is 21.8 Å². The third kappa shape index (κ3) is 4.35. The fourth-order valence-corrected chi connectivity index (χ4v) is 3.99. The molecule has 0 aliphatic carbocycles. The van der Waals surface area contributed by atoms with Crippen molar-refractivity contribution in [3.05, 3.63) is 75.7 Å². The number of aryl methyl sites for hydroxylation is 2. The van der Waals surface area contributed by atoms with Crippen molar-refractivity contribution in [2.24, 2.45) is 7.05 Å². The predicted octanol–water partition coefficient (Wildman–Crippen LogP) is 4.83. The van der Waals surface area contributed by atoms with E-state index in [1.165, 1.54) is 10.9 Å². The van der Waals surface area contributed by atoms with Crippen LogP contribution >= 0.6 is 0 Å². The maximum atomic E-state index is 13.8. The summed E-state index contributed by atoms with van der Waals surface area (Å²) < 4.78 is 88.1. The molecule has 0 aliphatic heterocycles. The summed E-state index contributed by atoms with van der Waals surface area (Å²) >= 11 is 0. The Kier molecular flexibility index (Phi) is 5.54. The monoisotopic (exact) mass is 536 g/mol. The molecule has 4 heterocycles. The number of nitrogens with zero attached hydrogens (tertiary/aromatic N) is 5. The number of nitrogens with one attached hydrogen (secondary N) is 1. The van der Waals surface area contributed by atoms with Crippen LogP contribution < -0.4 is 10.9 Å². The van der Waals surface area contributed by atoms with Gasteiger partial charge >= 0.3 is 18.0 Å². The second-order valence-electron chi connectivity index (χ2n) is 8.26. The average Bonchev–Trinajstić information content (AvgIpc) is 3.38. The Hall–Kier alpha value is -4.69. The standard InChI is InChI=1S/C23H14F6N6O3/c1-10-14(9-34(2)33-10)16-7-18(23(27,28)29)35-20(32-16)13(8-30-35)21(37)31-11-3-4-12-15(22(24,25)26)6-19(36)38-17(12)5-11/h3-9H,1-2H3,(H,31,37). The van der Waals surface area contributed by atoms with Crippen LogP contribution in [-0.2, 0) is 19.4 Å². The average molecular weight is 536 g/mol. The molecule has 0 radical (unpaired) electrons. The number of halogens is 6. The first-order chi connectivity index (χ1) is 17.7. The molecular weight excluding hydrogens is 522 g/mol. The molecule has 0 bridgehead atoms. The number of alkyl halides is 6. The van der Waals surface area contributed by atoms with Crippen molar-refractivity contribution in [1.29, 1.82) is 0 Å². The van der Waals surface area contributed by atoms with Crippen molar-refractivity contribution in [3.63, 3.8) is 0 Å². The van der Waals surface area contributed by atoms with Crippen LogP contribution in [0.3, 0.4) is 0 Å². The predicted molar refractivity (Wildman–Crippen MR) is 120 cm³/mol. The summed E-state index contributed by atoms with van der Waals surface area (Å²) in [5.74, 6) is -0.950. The Labute approximate surface area is 207 Å². The van der Waals surface area contributed by atoms with Crippen molar-refractivity contribution >= 4 is 28.2 Å². The quantitative estimate of drug-likeness (QED) is 0.261.